The molecule has 1 saturated carbocycles. The average Bonchev–Trinajstić information content (AvgIpc) is 2.36. The maximum Gasteiger partial charge on any atom is 0.0727 e. The Morgan fingerprint density at radius 1 is 0.944 bits per heavy atom. The number of hydrogen-bond donors (Lipinski definition) is 1. The third-order valence-corrected chi connectivity index (χ3v) is 3.45. The van der Waals surface area contributed by atoms with E-state index in [4.69, 9.17) is 19.9 Å². The minimum Gasteiger partial charge on any atom is -0.385 e. The minimum absolute atomic E-state index is 0.207. The molecule has 0 radical (unpaired) electrons. The number of ether oxygens (including phenoxy) is 3. The fourth-order valence-electron chi connectivity index (χ4n) is 2.35. The lowest BCUT2D eigenvalue weighted by Gasteiger charge is -2.26. The molecule has 0 aliphatic heterocycles. The molecular formula is C14H29NO3. The van der Waals surface area contributed by atoms with Gasteiger partial charge in [0.25, 0.3) is 0 Å². The quantitative estimate of drug-likeness (QED) is 0.678. The second-order valence-electron chi connectivity index (χ2n) is 5.02. The molecule has 0 aromatic heterocycles. The van der Waals surface area contributed by atoms with E-state index in [0.29, 0.717) is 13.2 Å². The van der Waals surface area contributed by atoms with Crippen LogP contribution in [0.15, 0.2) is 0 Å². The van der Waals surface area contributed by atoms with Crippen molar-refractivity contribution < 1.29 is 14.2 Å². The molecule has 1 rings (SSSR count). The summed E-state index contributed by atoms with van der Waals surface area (Å²) in [4.78, 5) is 0. The molecule has 2 atom stereocenters. The Labute approximate surface area is 111 Å². The van der Waals surface area contributed by atoms with Crippen LogP contribution >= 0.6 is 0 Å². The molecule has 18 heavy (non-hydrogen) atoms. The van der Waals surface area contributed by atoms with Crippen molar-refractivity contribution in [2.45, 2.75) is 57.1 Å². The van der Waals surface area contributed by atoms with Gasteiger partial charge in [0, 0.05) is 26.4 Å². The van der Waals surface area contributed by atoms with Gasteiger partial charge in [-0.05, 0) is 19.3 Å². The van der Waals surface area contributed by atoms with Gasteiger partial charge in [-0.3, -0.25) is 0 Å². The monoisotopic (exact) mass is 259 g/mol. The summed E-state index contributed by atoms with van der Waals surface area (Å²) >= 11 is 0. The Morgan fingerprint density at radius 3 is 2.50 bits per heavy atom. The highest BCUT2D eigenvalue weighted by molar-refractivity contribution is 4.75. The third kappa shape index (κ3) is 7.31. The molecule has 2 unspecified atom stereocenters. The van der Waals surface area contributed by atoms with Crippen LogP contribution in [0.3, 0.4) is 0 Å². The van der Waals surface area contributed by atoms with Crippen molar-refractivity contribution >= 4 is 0 Å². The highest BCUT2D eigenvalue weighted by Crippen LogP contribution is 2.18. The summed E-state index contributed by atoms with van der Waals surface area (Å²) in [6.07, 6.45) is 8.50. The number of methoxy groups -OCH3 is 1. The Bertz CT molecular complexity index is 190. The van der Waals surface area contributed by atoms with Gasteiger partial charge in [-0.25, -0.2) is 0 Å². The number of nitrogens with two attached hydrogens (primary N) is 1. The predicted molar refractivity (Wildman–Crippen MR) is 72.7 cm³/mol. The van der Waals surface area contributed by atoms with Crippen LogP contribution in [0.25, 0.3) is 0 Å². The van der Waals surface area contributed by atoms with E-state index in [2.05, 4.69) is 0 Å². The van der Waals surface area contributed by atoms with Crippen LogP contribution in [-0.2, 0) is 14.2 Å². The minimum atomic E-state index is 0.207. The van der Waals surface area contributed by atoms with Gasteiger partial charge < -0.3 is 19.9 Å². The molecule has 1 fully saturated rings. The predicted octanol–water partition coefficient (Wildman–Crippen LogP) is 2.11. The first kappa shape index (κ1) is 15.9. The first-order valence-corrected chi connectivity index (χ1v) is 7.28. The molecule has 1 aliphatic rings. The summed E-state index contributed by atoms with van der Waals surface area (Å²) in [6, 6.07) is 0.207. The lowest BCUT2D eigenvalue weighted by molar-refractivity contribution is -0.0159. The highest BCUT2D eigenvalue weighted by atomic mass is 16.5. The van der Waals surface area contributed by atoms with Gasteiger partial charge >= 0.3 is 0 Å². The van der Waals surface area contributed by atoms with Crippen LogP contribution in [0, 0.1) is 0 Å². The van der Waals surface area contributed by atoms with E-state index in [1.54, 1.807) is 7.11 Å². The van der Waals surface area contributed by atoms with Gasteiger partial charge in [-0.15, -0.1) is 0 Å². The van der Waals surface area contributed by atoms with E-state index in [0.717, 1.165) is 32.5 Å². The highest BCUT2D eigenvalue weighted by Gasteiger charge is 2.19. The molecule has 108 valence electrons. The van der Waals surface area contributed by atoms with Crippen LogP contribution in [0.5, 0.6) is 0 Å². The van der Waals surface area contributed by atoms with Crippen LogP contribution in [0.1, 0.15) is 44.9 Å². The Balaban J connectivity index is 2.01. The van der Waals surface area contributed by atoms with Crippen molar-refractivity contribution in [3.63, 3.8) is 0 Å². The van der Waals surface area contributed by atoms with Gasteiger partial charge in [0.15, 0.2) is 0 Å². The van der Waals surface area contributed by atoms with Gasteiger partial charge in [-0.1, -0.05) is 25.7 Å². The van der Waals surface area contributed by atoms with Crippen LogP contribution in [-0.4, -0.2) is 45.7 Å². The number of rotatable bonds is 8. The molecule has 0 amide bonds. The number of hydrogen-bond acceptors (Lipinski definition) is 4. The van der Waals surface area contributed by atoms with Crippen molar-refractivity contribution in [1.29, 1.82) is 0 Å². The topological polar surface area (TPSA) is 53.7 Å². The SMILES string of the molecule is COCCCOCCOC1CCCCCCC1N. The van der Waals surface area contributed by atoms with Crippen molar-refractivity contribution in [2.75, 3.05) is 33.5 Å². The van der Waals surface area contributed by atoms with Crippen molar-refractivity contribution in [3.05, 3.63) is 0 Å². The lowest BCUT2D eigenvalue weighted by atomic mass is 9.95. The summed E-state index contributed by atoms with van der Waals surface area (Å²) < 4.78 is 16.3. The van der Waals surface area contributed by atoms with Crippen molar-refractivity contribution in [1.82, 2.24) is 0 Å². The fourth-order valence-corrected chi connectivity index (χ4v) is 2.35. The lowest BCUT2D eigenvalue weighted by Crippen LogP contribution is -2.38. The molecule has 1 aliphatic carbocycles. The van der Waals surface area contributed by atoms with Gasteiger partial charge in [0.2, 0.25) is 0 Å². The summed E-state index contributed by atoms with van der Waals surface area (Å²) in [6.45, 7) is 2.82. The largest absolute Gasteiger partial charge is 0.385 e. The van der Waals surface area contributed by atoms with Crippen molar-refractivity contribution in [2.24, 2.45) is 5.73 Å². The maximum atomic E-state index is 6.15. The van der Waals surface area contributed by atoms with Crippen LogP contribution < -0.4 is 5.73 Å². The smallest absolute Gasteiger partial charge is 0.0727 e. The molecule has 0 heterocycles. The fraction of sp³-hybridized carbons (Fsp3) is 1.00. The Morgan fingerprint density at radius 2 is 1.72 bits per heavy atom. The second-order valence-corrected chi connectivity index (χ2v) is 5.02. The summed E-state index contributed by atoms with van der Waals surface area (Å²) in [5, 5.41) is 0. The van der Waals surface area contributed by atoms with E-state index in [1.807, 2.05) is 0 Å². The standard InChI is InChI=1S/C14H29NO3/c1-16-9-6-10-17-11-12-18-14-8-5-3-2-4-7-13(14)15/h13-14H,2-12,15H2,1H3. The first-order chi connectivity index (χ1) is 8.84. The maximum absolute atomic E-state index is 6.15. The summed E-state index contributed by atoms with van der Waals surface area (Å²) in [7, 11) is 1.71. The molecular weight excluding hydrogens is 230 g/mol. The molecule has 0 saturated heterocycles. The zero-order chi connectivity index (χ0) is 13.1. The molecule has 0 aromatic carbocycles. The van der Waals surface area contributed by atoms with Gasteiger partial charge in [0.1, 0.15) is 0 Å². The average molecular weight is 259 g/mol. The van der Waals surface area contributed by atoms with E-state index >= 15 is 0 Å². The normalized spacial score (nSPS) is 25.7. The zero-order valence-corrected chi connectivity index (χ0v) is 11.7. The third-order valence-electron chi connectivity index (χ3n) is 3.45. The van der Waals surface area contributed by atoms with Gasteiger partial charge in [-0.2, -0.15) is 0 Å². The van der Waals surface area contributed by atoms with E-state index in [1.165, 1.54) is 25.7 Å². The van der Waals surface area contributed by atoms with Crippen LogP contribution in [0.2, 0.25) is 0 Å². The summed E-state index contributed by atoms with van der Waals surface area (Å²) in [5.41, 5.74) is 6.15. The molecule has 4 nitrogen and oxygen atoms in total. The zero-order valence-electron chi connectivity index (χ0n) is 11.7. The Kier molecular flexibility index (Phi) is 9.48. The first-order valence-electron chi connectivity index (χ1n) is 7.28. The Hall–Kier alpha value is -0.160. The summed E-state index contributed by atoms with van der Waals surface area (Å²) in [5.74, 6) is 0. The molecule has 2 N–H and O–H groups in total. The van der Waals surface area contributed by atoms with Gasteiger partial charge in [0.05, 0.1) is 19.3 Å². The molecule has 0 aromatic rings. The van der Waals surface area contributed by atoms with E-state index in [-0.39, 0.29) is 12.1 Å². The molecule has 0 spiro atoms. The molecule has 4 heteroatoms. The second kappa shape index (κ2) is 10.7. The van der Waals surface area contributed by atoms with Crippen molar-refractivity contribution in [3.8, 4) is 0 Å². The van der Waals surface area contributed by atoms with Crippen LogP contribution in [0.4, 0.5) is 0 Å². The molecule has 0 bridgehead atoms. The van der Waals surface area contributed by atoms with E-state index in [9.17, 15) is 0 Å². The van der Waals surface area contributed by atoms with E-state index < -0.39 is 0 Å².